The van der Waals surface area contributed by atoms with Gasteiger partial charge in [-0.3, -0.25) is 9.59 Å². The summed E-state index contributed by atoms with van der Waals surface area (Å²) in [7, 11) is 2.98. The van der Waals surface area contributed by atoms with Crippen molar-refractivity contribution >= 4 is 23.2 Å². The van der Waals surface area contributed by atoms with E-state index in [2.05, 4.69) is 5.32 Å². The van der Waals surface area contributed by atoms with E-state index in [-0.39, 0.29) is 18.1 Å². The van der Waals surface area contributed by atoms with Gasteiger partial charge in [-0.2, -0.15) is 0 Å². The van der Waals surface area contributed by atoms with Crippen molar-refractivity contribution in [1.29, 1.82) is 0 Å². The van der Waals surface area contributed by atoms with Gasteiger partial charge in [0.1, 0.15) is 35.2 Å². The van der Waals surface area contributed by atoms with Crippen molar-refractivity contribution in [2.75, 3.05) is 44.2 Å². The number of carbonyl (C=O) groups excluding carboxylic acids is 2. The average molecular weight is 448 g/mol. The van der Waals surface area contributed by atoms with E-state index in [0.717, 1.165) is 5.75 Å². The zero-order valence-corrected chi connectivity index (χ0v) is 18.4. The number of para-hydroxylation sites is 1. The van der Waals surface area contributed by atoms with Crippen LogP contribution in [0.15, 0.2) is 66.7 Å². The van der Waals surface area contributed by atoms with Crippen LogP contribution in [0.4, 0.5) is 11.4 Å². The number of fused-ring (bicyclic) bond motifs is 1. The number of benzene rings is 3. The molecule has 0 unspecified atom stereocenters. The van der Waals surface area contributed by atoms with Gasteiger partial charge in [0, 0.05) is 5.69 Å². The molecule has 8 nitrogen and oxygen atoms in total. The Morgan fingerprint density at radius 1 is 1.00 bits per heavy atom. The molecule has 3 aromatic carbocycles. The van der Waals surface area contributed by atoms with Crippen LogP contribution in [-0.4, -0.2) is 45.8 Å². The summed E-state index contributed by atoms with van der Waals surface area (Å²) in [5, 5.41) is 2.85. The van der Waals surface area contributed by atoms with Crippen molar-refractivity contribution in [1.82, 2.24) is 0 Å². The first kappa shape index (κ1) is 22.0. The highest BCUT2D eigenvalue weighted by Crippen LogP contribution is 2.35. The first-order chi connectivity index (χ1) is 16.1. The fraction of sp³-hybridized carbons (Fsp3) is 0.200. The minimum Gasteiger partial charge on any atom is -0.496 e. The molecule has 1 N–H and O–H groups in total. The molecule has 0 saturated carbocycles. The van der Waals surface area contributed by atoms with Gasteiger partial charge in [0.05, 0.1) is 26.5 Å². The number of rotatable bonds is 8. The Kier molecular flexibility index (Phi) is 6.64. The van der Waals surface area contributed by atoms with Crippen molar-refractivity contribution in [2.45, 2.75) is 0 Å². The quantitative estimate of drug-likeness (QED) is 0.565. The maximum Gasteiger partial charge on any atom is 0.265 e. The smallest absolute Gasteiger partial charge is 0.265 e. The maximum atomic E-state index is 13.0. The van der Waals surface area contributed by atoms with Gasteiger partial charge in [-0.05, 0) is 42.5 Å². The van der Waals surface area contributed by atoms with Crippen LogP contribution in [-0.2, 0) is 4.79 Å². The van der Waals surface area contributed by atoms with Gasteiger partial charge < -0.3 is 29.2 Å². The molecule has 0 fully saturated rings. The number of ether oxygens (including phenoxy) is 4. The highest BCUT2D eigenvalue weighted by atomic mass is 16.5. The van der Waals surface area contributed by atoms with Crippen LogP contribution in [0, 0.1) is 0 Å². The number of nitrogens with one attached hydrogen (secondary N) is 1. The second kappa shape index (κ2) is 9.95. The van der Waals surface area contributed by atoms with E-state index < -0.39 is 5.91 Å². The summed E-state index contributed by atoms with van der Waals surface area (Å²) in [6, 6.07) is 19.6. The third-order valence-corrected chi connectivity index (χ3v) is 5.14. The highest BCUT2D eigenvalue weighted by molar-refractivity contribution is 6.09. The van der Waals surface area contributed by atoms with E-state index in [1.54, 1.807) is 41.3 Å². The molecule has 1 aliphatic rings. The largest absolute Gasteiger partial charge is 0.496 e. The van der Waals surface area contributed by atoms with E-state index in [1.807, 2.05) is 30.3 Å². The predicted molar refractivity (Wildman–Crippen MR) is 124 cm³/mol. The number of nitrogens with zero attached hydrogens (tertiary/aromatic N) is 1. The van der Waals surface area contributed by atoms with Gasteiger partial charge in [0.25, 0.3) is 11.8 Å². The fourth-order valence-corrected chi connectivity index (χ4v) is 3.57. The number of methoxy groups -OCH3 is 2. The van der Waals surface area contributed by atoms with E-state index in [1.165, 1.54) is 14.2 Å². The third kappa shape index (κ3) is 4.85. The molecule has 0 atom stereocenters. The second-order valence-electron chi connectivity index (χ2n) is 7.17. The molecule has 33 heavy (non-hydrogen) atoms. The Bertz CT molecular complexity index is 1130. The Balaban J connectivity index is 1.53. The van der Waals surface area contributed by atoms with Crippen LogP contribution < -0.4 is 29.2 Å². The van der Waals surface area contributed by atoms with Crippen LogP contribution in [0.2, 0.25) is 0 Å². The summed E-state index contributed by atoms with van der Waals surface area (Å²) >= 11 is 0. The lowest BCUT2D eigenvalue weighted by molar-refractivity contribution is -0.121. The van der Waals surface area contributed by atoms with Gasteiger partial charge in [-0.25, -0.2) is 0 Å². The second-order valence-corrected chi connectivity index (χ2v) is 7.17. The predicted octanol–water partition coefficient (Wildman–Crippen LogP) is 3.76. The SMILES string of the molecule is COc1cccc(OC)c1C(=O)Nc1ccc2c(c1)N(CCOc1ccccc1)C(=O)CO2. The standard InChI is InChI=1S/C25H24N2O6/c1-30-21-9-6-10-22(31-2)24(21)25(29)26-17-11-12-20-19(15-17)27(23(28)16-33-20)13-14-32-18-7-4-3-5-8-18/h3-12,15H,13-14,16H2,1-2H3,(H,26,29). The summed E-state index contributed by atoms with van der Waals surface area (Å²) in [4.78, 5) is 27.2. The Hall–Kier alpha value is -4.20. The number of anilines is 2. The van der Waals surface area contributed by atoms with Gasteiger partial charge >= 0.3 is 0 Å². The highest BCUT2D eigenvalue weighted by Gasteiger charge is 2.26. The normalized spacial score (nSPS) is 12.4. The lowest BCUT2D eigenvalue weighted by Gasteiger charge is -2.29. The van der Waals surface area contributed by atoms with Crippen molar-refractivity contribution in [3.05, 3.63) is 72.3 Å². The Labute approximate surface area is 191 Å². The summed E-state index contributed by atoms with van der Waals surface area (Å²) < 4.78 is 22.0. The number of hydrogen-bond acceptors (Lipinski definition) is 6. The molecular weight excluding hydrogens is 424 g/mol. The number of amides is 2. The molecule has 3 aromatic rings. The summed E-state index contributed by atoms with van der Waals surface area (Å²) in [6.07, 6.45) is 0. The molecule has 1 heterocycles. The minimum atomic E-state index is -0.397. The molecule has 0 spiro atoms. The lowest BCUT2D eigenvalue weighted by Crippen LogP contribution is -2.41. The molecular formula is C25H24N2O6. The molecule has 8 heteroatoms. The summed E-state index contributed by atoms with van der Waals surface area (Å²) in [6.45, 7) is 0.592. The van der Waals surface area contributed by atoms with E-state index in [4.69, 9.17) is 18.9 Å². The van der Waals surface area contributed by atoms with Gasteiger partial charge in [0.15, 0.2) is 6.61 Å². The molecule has 0 aliphatic carbocycles. The van der Waals surface area contributed by atoms with E-state index in [9.17, 15) is 9.59 Å². The van der Waals surface area contributed by atoms with Gasteiger partial charge in [0.2, 0.25) is 0 Å². The molecule has 2 amide bonds. The number of carbonyl (C=O) groups is 2. The monoisotopic (exact) mass is 448 g/mol. The van der Waals surface area contributed by atoms with Crippen LogP contribution >= 0.6 is 0 Å². The molecule has 1 aliphatic heterocycles. The zero-order chi connectivity index (χ0) is 23.2. The Morgan fingerprint density at radius 2 is 1.73 bits per heavy atom. The van der Waals surface area contributed by atoms with Gasteiger partial charge in [-0.15, -0.1) is 0 Å². The molecule has 0 aromatic heterocycles. The van der Waals surface area contributed by atoms with E-state index >= 15 is 0 Å². The molecule has 4 rings (SSSR count). The van der Waals surface area contributed by atoms with Crippen molar-refractivity contribution in [2.24, 2.45) is 0 Å². The summed E-state index contributed by atoms with van der Waals surface area (Å²) in [5.41, 5.74) is 1.34. The van der Waals surface area contributed by atoms with Crippen molar-refractivity contribution < 1.29 is 28.5 Å². The zero-order valence-electron chi connectivity index (χ0n) is 18.4. The maximum absolute atomic E-state index is 13.0. The van der Waals surface area contributed by atoms with E-state index in [0.29, 0.717) is 41.8 Å². The average Bonchev–Trinajstić information content (AvgIpc) is 2.85. The fourth-order valence-electron chi connectivity index (χ4n) is 3.57. The van der Waals surface area contributed by atoms with Crippen LogP contribution in [0.25, 0.3) is 0 Å². The van der Waals surface area contributed by atoms with Crippen molar-refractivity contribution in [3.8, 4) is 23.0 Å². The van der Waals surface area contributed by atoms with Crippen molar-refractivity contribution in [3.63, 3.8) is 0 Å². The topological polar surface area (TPSA) is 86.3 Å². The first-order valence-corrected chi connectivity index (χ1v) is 10.4. The summed E-state index contributed by atoms with van der Waals surface area (Å²) in [5.74, 6) is 1.48. The van der Waals surface area contributed by atoms with Gasteiger partial charge in [-0.1, -0.05) is 24.3 Å². The molecule has 0 radical (unpaired) electrons. The number of hydrogen-bond donors (Lipinski definition) is 1. The minimum absolute atomic E-state index is 0.0531. The molecule has 0 saturated heterocycles. The first-order valence-electron chi connectivity index (χ1n) is 10.4. The Morgan fingerprint density at radius 3 is 2.42 bits per heavy atom. The van der Waals surface area contributed by atoms with Crippen LogP contribution in [0.1, 0.15) is 10.4 Å². The molecule has 0 bridgehead atoms. The van der Waals surface area contributed by atoms with Crippen LogP contribution in [0.5, 0.6) is 23.0 Å². The molecule has 170 valence electrons. The van der Waals surface area contributed by atoms with Crippen LogP contribution in [0.3, 0.4) is 0 Å². The third-order valence-electron chi connectivity index (χ3n) is 5.14. The lowest BCUT2D eigenvalue weighted by atomic mass is 10.1.